The monoisotopic (exact) mass is 206 g/mol. The van der Waals surface area contributed by atoms with Gasteiger partial charge < -0.3 is 4.74 Å². The van der Waals surface area contributed by atoms with Gasteiger partial charge in [-0.25, -0.2) is 0 Å². The first-order chi connectivity index (χ1) is 6.13. The smallest absolute Gasteiger partial charge is 0.387 e. The molecular weight excluding hydrogens is 202 g/mol. The Kier molecular flexibility index (Phi) is 3.19. The molecule has 0 bridgehead atoms. The molecule has 5 heteroatoms. The summed E-state index contributed by atoms with van der Waals surface area (Å²) in [5, 5.41) is 0.295. The molecule has 13 heavy (non-hydrogen) atoms. The Morgan fingerprint density at radius 1 is 1.46 bits per heavy atom. The second-order valence-corrected chi connectivity index (χ2v) is 2.61. The van der Waals surface area contributed by atoms with Gasteiger partial charge in [-0.15, -0.1) is 0 Å². The van der Waals surface area contributed by atoms with Crippen LogP contribution in [0.1, 0.15) is 10.4 Å². The Hall–Kier alpha value is -1.16. The van der Waals surface area contributed by atoms with Crippen LogP contribution in [0.15, 0.2) is 18.2 Å². The molecule has 0 radical (unpaired) electrons. The van der Waals surface area contributed by atoms with E-state index in [1.165, 1.54) is 18.2 Å². The zero-order chi connectivity index (χ0) is 9.84. The van der Waals surface area contributed by atoms with E-state index in [2.05, 4.69) is 4.74 Å². The number of hydrogen-bond acceptors (Lipinski definition) is 2. The Morgan fingerprint density at radius 3 is 2.69 bits per heavy atom. The van der Waals surface area contributed by atoms with Crippen LogP contribution in [-0.4, -0.2) is 12.9 Å². The minimum atomic E-state index is -2.94. The van der Waals surface area contributed by atoms with Crippen molar-refractivity contribution in [2.45, 2.75) is 6.61 Å². The lowest BCUT2D eigenvalue weighted by molar-refractivity contribution is -0.0500. The van der Waals surface area contributed by atoms with Crippen LogP contribution in [0.5, 0.6) is 5.75 Å². The van der Waals surface area contributed by atoms with Crippen LogP contribution in [0.4, 0.5) is 8.78 Å². The minimum Gasteiger partial charge on any atom is -0.434 e. The lowest BCUT2D eigenvalue weighted by atomic mass is 10.2. The first-order valence-electron chi connectivity index (χ1n) is 3.33. The fourth-order valence-electron chi connectivity index (χ4n) is 0.815. The number of ether oxygens (including phenoxy) is 1. The number of alkyl halides is 2. The molecule has 2 nitrogen and oxygen atoms in total. The molecule has 0 aliphatic heterocycles. The van der Waals surface area contributed by atoms with E-state index in [0.717, 1.165) is 0 Å². The highest BCUT2D eigenvalue weighted by molar-refractivity contribution is 6.30. The fourth-order valence-corrected chi connectivity index (χ4v) is 0.995. The molecule has 0 saturated carbocycles. The largest absolute Gasteiger partial charge is 0.434 e. The Morgan fingerprint density at radius 2 is 2.15 bits per heavy atom. The van der Waals surface area contributed by atoms with Crippen LogP contribution >= 0.6 is 11.6 Å². The third-order valence-electron chi connectivity index (χ3n) is 1.31. The standard InChI is InChI=1S/C8H5ClF2O2/c9-6-1-2-7(13-8(10)11)5(3-6)4-12/h1-4,8H. The van der Waals surface area contributed by atoms with Gasteiger partial charge >= 0.3 is 6.61 Å². The summed E-state index contributed by atoms with van der Waals surface area (Å²) in [5.41, 5.74) is 0.00722. The maximum Gasteiger partial charge on any atom is 0.387 e. The molecule has 0 amide bonds. The number of hydrogen-bond donors (Lipinski definition) is 0. The van der Waals surface area contributed by atoms with Crippen LogP contribution in [0.2, 0.25) is 5.02 Å². The van der Waals surface area contributed by atoms with Gasteiger partial charge in [0.15, 0.2) is 6.29 Å². The quantitative estimate of drug-likeness (QED) is 0.711. The molecule has 0 fully saturated rings. The molecule has 0 aromatic heterocycles. The Bertz CT molecular complexity index is 315. The van der Waals surface area contributed by atoms with Crippen molar-refractivity contribution in [2.75, 3.05) is 0 Å². The summed E-state index contributed by atoms with van der Waals surface area (Å²) in [4.78, 5) is 10.4. The molecule has 0 N–H and O–H groups in total. The average Bonchev–Trinajstić information content (AvgIpc) is 2.07. The summed E-state index contributed by atoms with van der Waals surface area (Å²) in [6.45, 7) is -2.94. The van der Waals surface area contributed by atoms with Gasteiger partial charge in [-0.1, -0.05) is 11.6 Å². The summed E-state index contributed by atoms with van der Waals surface area (Å²) in [6.07, 6.45) is 0.406. The van der Waals surface area contributed by atoms with E-state index in [9.17, 15) is 13.6 Å². The van der Waals surface area contributed by atoms with Gasteiger partial charge in [0.2, 0.25) is 0 Å². The van der Waals surface area contributed by atoms with Crippen LogP contribution in [0, 0.1) is 0 Å². The summed E-state index contributed by atoms with van der Waals surface area (Å²) < 4.78 is 27.6. The van der Waals surface area contributed by atoms with Crippen molar-refractivity contribution in [2.24, 2.45) is 0 Å². The van der Waals surface area contributed by atoms with Crippen molar-refractivity contribution in [1.29, 1.82) is 0 Å². The van der Waals surface area contributed by atoms with E-state index in [1.807, 2.05) is 0 Å². The molecule has 0 atom stereocenters. The molecule has 1 aromatic rings. The number of carbonyl (C=O) groups is 1. The van der Waals surface area contributed by atoms with Crippen molar-refractivity contribution in [3.8, 4) is 5.75 Å². The van der Waals surface area contributed by atoms with Gasteiger partial charge in [0, 0.05) is 5.02 Å². The lowest BCUT2D eigenvalue weighted by Gasteiger charge is -2.06. The topological polar surface area (TPSA) is 26.3 Å². The van der Waals surface area contributed by atoms with Crippen molar-refractivity contribution in [3.05, 3.63) is 28.8 Å². The number of halogens is 3. The first kappa shape index (κ1) is 9.92. The van der Waals surface area contributed by atoms with Crippen molar-refractivity contribution >= 4 is 17.9 Å². The molecular formula is C8H5ClF2O2. The Labute approximate surface area is 78.1 Å². The second-order valence-electron chi connectivity index (χ2n) is 2.18. The van der Waals surface area contributed by atoms with Gasteiger partial charge in [-0.3, -0.25) is 4.79 Å². The highest BCUT2D eigenvalue weighted by Gasteiger charge is 2.08. The van der Waals surface area contributed by atoms with E-state index in [-0.39, 0.29) is 11.3 Å². The summed E-state index contributed by atoms with van der Waals surface area (Å²) in [5.74, 6) is -0.172. The van der Waals surface area contributed by atoms with E-state index >= 15 is 0 Å². The molecule has 70 valence electrons. The molecule has 0 saturated heterocycles. The normalized spacial score (nSPS) is 10.2. The summed E-state index contributed by atoms with van der Waals surface area (Å²) in [7, 11) is 0. The van der Waals surface area contributed by atoms with Gasteiger partial charge in [0.05, 0.1) is 5.56 Å². The molecule has 1 rings (SSSR count). The molecule has 0 aliphatic carbocycles. The molecule has 0 unspecified atom stereocenters. The lowest BCUT2D eigenvalue weighted by Crippen LogP contribution is -2.03. The number of carbonyl (C=O) groups excluding carboxylic acids is 1. The van der Waals surface area contributed by atoms with Crippen molar-refractivity contribution in [1.82, 2.24) is 0 Å². The molecule has 0 heterocycles. The van der Waals surface area contributed by atoms with Crippen LogP contribution in [0.25, 0.3) is 0 Å². The third-order valence-corrected chi connectivity index (χ3v) is 1.55. The zero-order valence-electron chi connectivity index (χ0n) is 6.34. The average molecular weight is 207 g/mol. The van der Waals surface area contributed by atoms with Crippen LogP contribution < -0.4 is 4.74 Å². The first-order valence-corrected chi connectivity index (χ1v) is 3.71. The summed E-state index contributed by atoms with van der Waals surface area (Å²) in [6, 6.07) is 3.84. The number of rotatable bonds is 3. The van der Waals surface area contributed by atoms with Gasteiger partial charge in [0.25, 0.3) is 0 Å². The second kappa shape index (κ2) is 4.18. The van der Waals surface area contributed by atoms with Crippen molar-refractivity contribution < 1.29 is 18.3 Å². The zero-order valence-corrected chi connectivity index (χ0v) is 7.09. The van der Waals surface area contributed by atoms with Crippen molar-refractivity contribution in [3.63, 3.8) is 0 Å². The highest BCUT2D eigenvalue weighted by atomic mass is 35.5. The number of aldehydes is 1. The summed E-state index contributed by atoms with van der Waals surface area (Å²) >= 11 is 5.53. The van der Waals surface area contributed by atoms with E-state index < -0.39 is 6.61 Å². The van der Waals surface area contributed by atoms with E-state index in [1.54, 1.807) is 0 Å². The van der Waals surface area contributed by atoms with Crippen LogP contribution in [0.3, 0.4) is 0 Å². The predicted octanol–water partition coefficient (Wildman–Crippen LogP) is 2.75. The van der Waals surface area contributed by atoms with E-state index in [0.29, 0.717) is 11.3 Å². The fraction of sp³-hybridized carbons (Fsp3) is 0.125. The van der Waals surface area contributed by atoms with E-state index in [4.69, 9.17) is 11.6 Å². The predicted molar refractivity (Wildman–Crippen MR) is 43.5 cm³/mol. The maximum atomic E-state index is 11.8. The van der Waals surface area contributed by atoms with Gasteiger partial charge in [0.1, 0.15) is 5.75 Å². The van der Waals surface area contributed by atoms with Crippen LogP contribution in [-0.2, 0) is 0 Å². The molecule has 0 spiro atoms. The van der Waals surface area contributed by atoms with Gasteiger partial charge in [-0.2, -0.15) is 8.78 Å². The SMILES string of the molecule is O=Cc1cc(Cl)ccc1OC(F)F. The highest BCUT2D eigenvalue weighted by Crippen LogP contribution is 2.22. The molecule has 0 aliphatic rings. The third kappa shape index (κ3) is 2.66. The minimum absolute atomic E-state index is 0.00722. The Balaban J connectivity index is 2.99. The maximum absolute atomic E-state index is 11.8. The van der Waals surface area contributed by atoms with Gasteiger partial charge in [-0.05, 0) is 18.2 Å². The molecule has 1 aromatic carbocycles. The number of benzene rings is 1.